The molecule has 1 unspecified atom stereocenters. The molecule has 1 aliphatic rings. The molecule has 1 saturated heterocycles. The molecule has 3 heterocycles. The van der Waals surface area contributed by atoms with E-state index < -0.39 is 0 Å². The average molecular weight is 358 g/mol. The van der Waals surface area contributed by atoms with Crippen molar-refractivity contribution in [2.24, 2.45) is 4.99 Å². The fraction of sp³-hybridized carbons (Fsp3) is 0.389. The number of halogens is 1. The van der Waals surface area contributed by atoms with Crippen LogP contribution in [0, 0.1) is 5.82 Å². The van der Waals surface area contributed by atoms with Crippen molar-refractivity contribution in [1.82, 2.24) is 20.6 Å². The number of rotatable bonds is 5. The van der Waals surface area contributed by atoms with E-state index in [-0.39, 0.29) is 11.9 Å². The molecule has 0 aromatic carbocycles. The van der Waals surface area contributed by atoms with Crippen LogP contribution in [0.4, 0.5) is 10.2 Å². The lowest BCUT2D eigenvalue weighted by molar-refractivity contribution is 0.396. The molecule has 0 aliphatic carbocycles. The van der Waals surface area contributed by atoms with Gasteiger partial charge in [-0.1, -0.05) is 6.07 Å². The van der Waals surface area contributed by atoms with Crippen molar-refractivity contribution in [2.45, 2.75) is 19.0 Å². The van der Waals surface area contributed by atoms with Gasteiger partial charge in [0.25, 0.3) is 0 Å². The second kappa shape index (κ2) is 8.46. The number of aromatic nitrogens is 2. The molecule has 26 heavy (non-hydrogen) atoms. The Balaban J connectivity index is 1.53. The molecule has 1 aliphatic heterocycles. The number of guanidine groups is 1. The molecule has 1 fully saturated rings. The molecule has 8 heteroatoms. The Kier molecular flexibility index (Phi) is 5.83. The normalized spacial score (nSPS) is 17.3. The van der Waals surface area contributed by atoms with Crippen molar-refractivity contribution >= 4 is 11.8 Å². The smallest absolute Gasteiger partial charge is 0.213 e. The molecule has 7 nitrogen and oxygen atoms in total. The van der Waals surface area contributed by atoms with Crippen molar-refractivity contribution in [3.05, 3.63) is 48.0 Å². The van der Waals surface area contributed by atoms with Crippen LogP contribution in [0.3, 0.4) is 0 Å². The minimum Gasteiger partial charge on any atom is -0.481 e. The lowest BCUT2D eigenvalue weighted by atomic mass is 10.3. The molecule has 2 aromatic rings. The molecule has 138 valence electrons. The second-order valence-electron chi connectivity index (χ2n) is 5.98. The number of hydrogen-bond donors (Lipinski definition) is 2. The predicted octanol–water partition coefficient (Wildman–Crippen LogP) is 1.57. The monoisotopic (exact) mass is 358 g/mol. The van der Waals surface area contributed by atoms with Crippen LogP contribution in [0.1, 0.15) is 12.1 Å². The summed E-state index contributed by atoms with van der Waals surface area (Å²) in [5.41, 5.74) is 0.857. The largest absolute Gasteiger partial charge is 0.481 e. The standard InChI is InChI=1S/C18H23FN6O/c1-20-18(22-11-13-5-3-7-16(23-13)26-2)24-14-8-10-25(12-14)17-15(19)6-4-9-21-17/h3-7,9,14H,8,10-12H2,1-2H3,(H2,20,22,24). The lowest BCUT2D eigenvalue weighted by Crippen LogP contribution is -2.44. The van der Waals surface area contributed by atoms with Gasteiger partial charge < -0.3 is 20.3 Å². The van der Waals surface area contributed by atoms with Crippen LogP contribution in [-0.2, 0) is 6.54 Å². The summed E-state index contributed by atoms with van der Waals surface area (Å²) in [5, 5.41) is 6.61. The fourth-order valence-electron chi connectivity index (χ4n) is 2.91. The number of methoxy groups -OCH3 is 1. The van der Waals surface area contributed by atoms with Gasteiger partial charge in [-0.3, -0.25) is 4.99 Å². The zero-order chi connectivity index (χ0) is 18.4. The molecule has 0 bridgehead atoms. The van der Waals surface area contributed by atoms with E-state index in [1.165, 1.54) is 6.07 Å². The Morgan fingerprint density at radius 2 is 2.27 bits per heavy atom. The molecule has 2 N–H and O–H groups in total. The molecular weight excluding hydrogens is 335 g/mol. The van der Waals surface area contributed by atoms with Gasteiger partial charge in [0.15, 0.2) is 17.6 Å². The van der Waals surface area contributed by atoms with E-state index in [0.29, 0.717) is 30.7 Å². The van der Waals surface area contributed by atoms with Gasteiger partial charge in [0, 0.05) is 38.4 Å². The summed E-state index contributed by atoms with van der Waals surface area (Å²) >= 11 is 0. The summed E-state index contributed by atoms with van der Waals surface area (Å²) < 4.78 is 19.0. The third-order valence-electron chi connectivity index (χ3n) is 4.22. The van der Waals surface area contributed by atoms with E-state index in [9.17, 15) is 4.39 Å². The first-order valence-electron chi connectivity index (χ1n) is 8.52. The van der Waals surface area contributed by atoms with Gasteiger partial charge in [0.05, 0.1) is 19.3 Å². The molecule has 3 rings (SSSR count). The molecular formula is C18H23FN6O. The molecule has 0 radical (unpaired) electrons. The Labute approximate surface area is 152 Å². The highest BCUT2D eigenvalue weighted by Gasteiger charge is 2.25. The number of anilines is 1. The van der Waals surface area contributed by atoms with E-state index in [1.807, 2.05) is 17.0 Å². The highest BCUT2D eigenvalue weighted by molar-refractivity contribution is 5.80. The third kappa shape index (κ3) is 4.38. The summed E-state index contributed by atoms with van der Waals surface area (Å²) in [6, 6.07) is 8.83. The number of aliphatic imine (C=N–C) groups is 1. The lowest BCUT2D eigenvalue weighted by Gasteiger charge is -2.20. The summed E-state index contributed by atoms with van der Waals surface area (Å²) in [6.45, 7) is 1.95. The first kappa shape index (κ1) is 17.9. The number of ether oxygens (including phenoxy) is 1. The van der Waals surface area contributed by atoms with Gasteiger partial charge in [-0.15, -0.1) is 0 Å². The van der Waals surface area contributed by atoms with Crippen molar-refractivity contribution in [2.75, 3.05) is 32.1 Å². The van der Waals surface area contributed by atoms with E-state index in [2.05, 4.69) is 25.6 Å². The van der Waals surface area contributed by atoms with Gasteiger partial charge in [0.2, 0.25) is 5.88 Å². The van der Waals surface area contributed by atoms with E-state index >= 15 is 0 Å². The zero-order valence-corrected chi connectivity index (χ0v) is 14.9. The van der Waals surface area contributed by atoms with Gasteiger partial charge in [0.1, 0.15) is 0 Å². The molecule has 0 saturated carbocycles. The first-order valence-corrected chi connectivity index (χ1v) is 8.52. The second-order valence-corrected chi connectivity index (χ2v) is 5.98. The molecule has 0 spiro atoms. The van der Waals surface area contributed by atoms with Crippen molar-refractivity contribution in [3.63, 3.8) is 0 Å². The first-order chi connectivity index (χ1) is 12.7. The third-order valence-corrected chi connectivity index (χ3v) is 4.22. The van der Waals surface area contributed by atoms with Gasteiger partial charge >= 0.3 is 0 Å². The highest BCUT2D eigenvalue weighted by atomic mass is 19.1. The van der Waals surface area contributed by atoms with Gasteiger partial charge in [-0.2, -0.15) is 0 Å². The van der Waals surface area contributed by atoms with Crippen LogP contribution in [-0.4, -0.2) is 49.2 Å². The maximum Gasteiger partial charge on any atom is 0.213 e. The number of hydrogen-bond acceptors (Lipinski definition) is 5. The summed E-state index contributed by atoms with van der Waals surface area (Å²) in [5.74, 6) is 1.37. The van der Waals surface area contributed by atoms with Crippen LogP contribution in [0.15, 0.2) is 41.5 Å². The van der Waals surface area contributed by atoms with E-state index in [0.717, 1.165) is 18.7 Å². The minimum absolute atomic E-state index is 0.167. The maximum absolute atomic E-state index is 13.9. The van der Waals surface area contributed by atoms with Gasteiger partial charge in [-0.25, -0.2) is 14.4 Å². The maximum atomic E-state index is 13.9. The van der Waals surface area contributed by atoms with E-state index in [1.54, 1.807) is 32.5 Å². The Morgan fingerprint density at radius 1 is 1.38 bits per heavy atom. The van der Waals surface area contributed by atoms with Crippen molar-refractivity contribution in [1.29, 1.82) is 0 Å². The summed E-state index contributed by atoms with van der Waals surface area (Å²) in [6.07, 6.45) is 2.49. The zero-order valence-electron chi connectivity index (χ0n) is 14.9. The predicted molar refractivity (Wildman–Crippen MR) is 98.9 cm³/mol. The Hall–Kier alpha value is -2.90. The molecule has 2 aromatic heterocycles. The quantitative estimate of drug-likeness (QED) is 0.624. The number of pyridine rings is 2. The van der Waals surface area contributed by atoms with E-state index in [4.69, 9.17) is 4.74 Å². The SMILES string of the molecule is CN=C(NCc1cccc(OC)n1)NC1CCN(c2ncccc2F)C1. The minimum atomic E-state index is -0.292. The highest BCUT2D eigenvalue weighted by Crippen LogP contribution is 2.20. The number of nitrogens with one attached hydrogen (secondary N) is 2. The summed E-state index contributed by atoms with van der Waals surface area (Å²) in [4.78, 5) is 14.7. The number of nitrogens with zero attached hydrogens (tertiary/aromatic N) is 4. The topological polar surface area (TPSA) is 74.7 Å². The van der Waals surface area contributed by atoms with Crippen LogP contribution >= 0.6 is 0 Å². The Morgan fingerprint density at radius 3 is 3.04 bits per heavy atom. The van der Waals surface area contributed by atoms with Crippen LogP contribution in [0.2, 0.25) is 0 Å². The summed E-state index contributed by atoms with van der Waals surface area (Å²) in [7, 11) is 3.32. The molecule has 0 amide bonds. The van der Waals surface area contributed by atoms with Crippen LogP contribution in [0.25, 0.3) is 0 Å². The average Bonchev–Trinajstić information content (AvgIpc) is 3.14. The van der Waals surface area contributed by atoms with Crippen molar-refractivity contribution in [3.8, 4) is 5.88 Å². The fourth-order valence-corrected chi connectivity index (χ4v) is 2.91. The van der Waals surface area contributed by atoms with Crippen LogP contribution < -0.4 is 20.3 Å². The van der Waals surface area contributed by atoms with Crippen LogP contribution in [0.5, 0.6) is 5.88 Å². The van der Waals surface area contributed by atoms with Gasteiger partial charge in [-0.05, 0) is 24.6 Å². The molecule has 1 atom stereocenters. The Bertz CT molecular complexity index is 769. The van der Waals surface area contributed by atoms with Crippen molar-refractivity contribution < 1.29 is 9.13 Å².